The van der Waals surface area contributed by atoms with Crippen LogP contribution in [0.1, 0.15) is 18.5 Å². The lowest BCUT2D eigenvalue weighted by molar-refractivity contribution is -0.122. The highest BCUT2D eigenvalue weighted by molar-refractivity contribution is 6.33. The number of benzene rings is 1. The maximum Gasteiger partial charge on any atom is 0.243 e. The van der Waals surface area contributed by atoms with Crippen molar-refractivity contribution in [2.75, 3.05) is 19.8 Å². The van der Waals surface area contributed by atoms with Gasteiger partial charge >= 0.3 is 0 Å². The first kappa shape index (κ1) is 15.2. The topological polar surface area (TPSA) is 64.3 Å². The van der Waals surface area contributed by atoms with E-state index in [0.29, 0.717) is 23.2 Å². The minimum absolute atomic E-state index is 0.0494. The Bertz CT molecular complexity index is 413. The van der Waals surface area contributed by atoms with E-state index in [4.69, 9.17) is 33.7 Å². The number of amides is 1. The van der Waals surface area contributed by atoms with Crippen molar-refractivity contribution in [2.24, 2.45) is 5.73 Å². The fourth-order valence-electron chi connectivity index (χ4n) is 1.48. The lowest BCUT2D eigenvalue weighted by atomic mass is 10.1. The van der Waals surface area contributed by atoms with Crippen LogP contribution >= 0.6 is 23.2 Å². The molecule has 0 radical (unpaired) electrons. The number of hydrogen-bond acceptors (Lipinski definition) is 3. The first-order valence-electron chi connectivity index (χ1n) is 5.55. The van der Waals surface area contributed by atoms with Gasteiger partial charge in [0.15, 0.2) is 0 Å². The molecule has 0 aromatic heterocycles. The molecule has 0 aliphatic heterocycles. The molecular formula is C12H16Cl2N2O2. The van der Waals surface area contributed by atoms with E-state index in [-0.39, 0.29) is 12.6 Å². The predicted octanol–water partition coefficient (Wildman–Crippen LogP) is 2.15. The van der Waals surface area contributed by atoms with Gasteiger partial charge in [0.05, 0.1) is 6.61 Å². The van der Waals surface area contributed by atoms with Crippen molar-refractivity contribution in [1.82, 2.24) is 5.32 Å². The number of halogens is 2. The molecule has 0 heterocycles. The number of ether oxygens (including phenoxy) is 1. The summed E-state index contributed by atoms with van der Waals surface area (Å²) in [5.74, 6) is -0.471. The van der Waals surface area contributed by atoms with Gasteiger partial charge in [0.2, 0.25) is 5.91 Å². The Balaban J connectivity index is 2.38. The van der Waals surface area contributed by atoms with Gasteiger partial charge in [-0.2, -0.15) is 0 Å². The summed E-state index contributed by atoms with van der Waals surface area (Å²) in [5.41, 5.74) is 5.88. The van der Waals surface area contributed by atoms with Gasteiger partial charge in [-0.25, -0.2) is 0 Å². The van der Waals surface area contributed by atoms with Crippen molar-refractivity contribution in [3.8, 4) is 0 Å². The Morgan fingerprint density at radius 1 is 1.50 bits per heavy atom. The highest BCUT2D eigenvalue weighted by Crippen LogP contribution is 2.25. The molecule has 1 atom stereocenters. The molecule has 1 aromatic carbocycles. The van der Waals surface area contributed by atoms with Gasteiger partial charge in [0.1, 0.15) is 6.61 Å². The van der Waals surface area contributed by atoms with Gasteiger partial charge in [-0.05, 0) is 30.7 Å². The van der Waals surface area contributed by atoms with E-state index < -0.39 is 5.91 Å². The van der Waals surface area contributed by atoms with Crippen LogP contribution in [0, 0.1) is 0 Å². The van der Waals surface area contributed by atoms with E-state index in [1.54, 1.807) is 12.1 Å². The van der Waals surface area contributed by atoms with Crippen molar-refractivity contribution in [1.29, 1.82) is 0 Å². The monoisotopic (exact) mass is 290 g/mol. The number of carbonyl (C=O) groups is 1. The highest BCUT2D eigenvalue weighted by atomic mass is 35.5. The first-order valence-corrected chi connectivity index (χ1v) is 6.30. The minimum Gasteiger partial charge on any atom is -0.370 e. The Morgan fingerprint density at radius 3 is 2.89 bits per heavy atom. The first-order chi connectivity index (χ1) is 8.50. The average Bonchev–Trinajstić information content (AvgIpc) is 2.31. The van der Waals surface area contributed by atoms with Crippen LogP contribution in [0.4, 0.5) is 0 Å². The fraction of sp³-hybridized carbons (Fsp3) is 0.417. The van der Waals surface area contributed by atoms with Crippen LogP contribution in [0.3, 0.4) is 0 Å². The van der Waals surface area contributed by atoms with E-state index in [0.717, 1.165) is 5.56 Å². The van der Waals surface area contributed by atoms with E-state index in [1.807, 2.05) is 13.0 Å². The maximum atomic E-state index is 10.4. The number of nitrogens with one attached hydrogen (secondary N) is 1. The molecule has 1 rings (SSSR count). The maximum absolute atomic E-state index is 10.4. The van der Waals surface area contributed by atoms with Crippen molar-refractivity contribution in [2.45, 2.75) is 13.0 Å². The van der Waals surface area contributed by atoms with Crippen LogP contribution in [0.25, 0.3) is 0 Å². The molecule has 0 fully saturated rings. The fourth-order valence-corrected chi connectivity index (χ4v) is 1.94. The number of nitrogens with two attached hydrogens (primary N) is 1. The zero-order valence-electron chi connectivity index (χ0n) is 10.1. The molecule has 0 bridgehead atoms. The normalized spacial score (nSPS) is 12.4. The van der Waals surface area contributed by atoms with Gasteiger partial charge in [-0.1, -0.05) is 23.2 Å². The predicted molar refractivity (Wildman–Crippen MR) is 72.9 cm³/mol. The summed E-state index contributed by atoms with van der Waals surface area (Å²) in [6.45, 7) is 2.92. The number of hydrogen-bond donors (Lipinski definition) is 2. The highest BCUT2D eigenvalue weighted by Gasteiger charge is 2.09. The van der Waals surface area contributed by atoms with Gasteiger partial charge < -0.3 is 15.8 Å². The van der Waals surface area contributed by atoms with Crippen LogP contribution in [-0.2, 0) is 9.53 Å². The van der Waals surface area contributed by atoms with Crippen molar-refractivity contribution < 1.29 is 9.53 Å². The molecule has 1 aromatic rings. The Kier molecular flexibility index (Phi) is 6.43. The minimum atomic E-state index is -0.471. The molecule has 3 N–H and O–H groups in total. The van der Waals surface area contributed by atoms with Crippen molar-refractivity contribution >= 4 is 29.1 Å². The summed E-state index contributed by atoms with van der Waals surface area (Å²) >= 11 is 12.0. The second-order valence-corrected chi connectivity index (χ2v) is 4.70. The van der Waals surface area contributed by atoms with Crippen LogP contribution in [0.15, 0.2) is 18.2 Å². The Hall–Kier alpha value is -0.810. The Morgan fingerprint density at radius 2 is 2.22 bits per heavy atom. The van der Waals surface area contributed by atoms with E-state index >= 15 is 0 Å². The van der Waals surface area contributed by atoms with Gasteiger partial charge in [-0.3, -0.25) is 4.79 Å². The molecule has 4 nitrogen and oxygen atoms in total. The molecular weight excluding hydrogens is 275 g/mol. The van der Waals surface area contributed by atoms with Gasteiger partial charge in [0.25, 0.3) is 0 Å². The number of rotatable bonds is 7. The summed E-state index contributed by atoms with van der Waals surface area (Å²) in [6.07, 6.45) is 0. The van der Waals surface area contributed by atoms with Crippen LogP contribution in [0.2, 0.25) is 10.0 Å². The van der Waals surface area contributed by atoms with Gasteiger partial charge in [-0.15, -0.1) is 0 Å². The third-order valence-electron chi connectivity index (χ3n) is 2.37. The van der Waals surface area contributed by atoms with E-state index in [1.165, 1.54) is 0 Å². The quantitative estimate of drug-likeness (QED) is 0.757. The van der Waals surface area contributed by atoms with Crippen LogP contribution in [-0.4, -0.2) is 25.7 Å². The largest absolute Gasteiger partial charge is 0.370 e. The molecule has 0 spiro atoms. The molecule has 18 heavy (non-hydrogen) atoms. The molecule has 1 unspecified atom stereocenters. The molecule has 100 valence electrons. The summed E-state index contributed by atoms with van der Waals surface area (Å²) in [6, 6.07) is 5.39. The molecule has 6 heteroatoms. The lowest BCUT2D eigenvalue weighted by Gasteiger charge is -2.16. The average molecular weight is 291 g/mol. The number of primary amides is 1. The van der Waals surface area contributed by atoms with Crippen LogP contribution < -0.4 is 11.1 Å². The summed E-state index contributed by atoms with van der Waals surface area (Å²) in [7, 11) is 0. The third-order valence-corrected chi connectivity index (χ3v) is 2.95. The van der Waals surface area contributed by atoms with Crippen molar-refractivity contribution in [3.63, 3.8) is 0 Å². The van der Waals surface area contributed by atoms with E-state index in [2.05, 4.69) is 5.32 Å². The van der Waals surface area contributed by atoms with E-state index in [9.17, 15) is 4.79 Å². The van der Waals surface area contributed by atoms with Gasteiger partial charge in [0, 0.05) is 22.6 Å². The van der Waals surface area contributed by atoms with Crippen molar-refractivity contribution in [3.05, 3.63) is 33.8 Å². The SMILES string of the molecule is CC(NCCOCC(N)=O)c1cc(Cl)ccc1Cl. The van der Waals surface area contributed by atoms with Crippen LogP contribution in [0.5, 0.6) is 0 Å². The summed E-state index contributed by atoms with van der Waals surface area (Å²) < 4.78 is 5.04. The molecule has 0 saturated heterocycles. The number of carbonyl (C=O) groups excluding carboxylic acids is 1. The second-order valence-electron chi connectivity index (χ2n) is 3.86. The molecule has 1 amide bonds. The molecule has 0 aliphatic rings. The molecule has 0 saturated carbocycles. The summed E-state index contributed by atoms with van der Waals surface area (Å²) in [5, 5.41) is 4.53. The standard InChI is InChI=1S/C12H16Cl2N2O2/c1-8(16-4-5-18-7-12(15)17)10-6-9(13)2-3-11(10)14/h2-3,6,8,16H,4-5,7H2,1H3,(H2,15,17). The zero-order chi connectivity index (χ0) is 13.5. The molecule has 0 aliphatic carbocycles. The lowest BCUT2D eigenvalue weighted by Crippen LogP contribution is -2.26. The Labute approximate surface area is 116 Å². The second kappa shape index (κ2) is 7.59. The zero-order valence-corrected chi connectivity index (χ0v) is 11.6. The third kappa shape index (κ3) is 5.23. The smallest absolute Gasteiger partial charge is 0.243 e. The summed E-state index contributed by atoms with van der Waals surface area (Å²) in [4.78, 5) is 10.4.